The number of quaternary nitrogens is 1. The molecule has 1 unspecified atom stereocenters. The second-order valence-corrected chi connectivity index (χ2v) is 6.42. The molecule has 0 radical (unpaired) electrons. The maximum absolute atomic E-state index is 12.1. The van der Waals surface area contributed by atoms with E-state index >= 15 is 0 Å². The number of rotatable bonds is 10. The van der Waals surface area contributed by atoms with Gasteiger partial charge >= 0.3 is 0 Å². The number of thiophene rings is 1. The number of methoxy groups -OCH3 is 1. The van der Waals surface area contributed by atoms with Crippen LogP contribution >= 0.6 is 11.3 Å². The highest BCUT2D eigenvalue weighted by atomic mass is 32.1. The molecule has 0 aliphatic heterocycles. The van der Waals surface area contributed by atoms with Crippen LogP contribution in [0.25, 0.3) is 0 Å². The third-order valence-electron chi connectivity index (χ3n) is 3.67. The topological polar surface area (TPSA) is 52.0 Å². The van der Waals surface area contributed by atoms with Gasteiger partial charge in [-0.3, -0.25) is 4.79 Å². The number of benzene rings is 1. The molecule has 0 saturated heterocycles. The molecule has 0 aliphatic rings. The monoisotopic (exact) mass is 349 g/mol. The average molecular weight is 349 g/mol. The van der Waals surface area contributed by atoms with Crippen molar-refractivity contribution in [2.45, 2.75) is 13.5 Å². The van der Waals surface area contributed by atoms with Gasteiger partial charge in [-0.15, -0.1) is 11.3 Å². The molecule has 0 fully saturated rings. The third kappa shape index (κ3) is 5.86. The van der Waals surface area contributed by atoms with E-state index in [0.29, 0.717) is 31.2 Å². The fourth-order valence-corrected chi connectivity index (χ4v) is 3.13. The number of ether oxygens (including phenoxy) is 2. The molecule has 1 heterocycles. The first-order valence-corrected chi connectivity index (χ1v) is 8.99. The number of carbonyl (C=O) groups is 1. The standard InChI is InChI=1S/C18H24N2O3S/c1-3-20(13-15-7-6-12-24-15)14-18(21)19-10-11-23-17-9-5-4-8-16(17)22-2/h4-9,12H,3,10-11,13-14H2,1-2H3,(H,19,21)/p+1. The summed E-state index contributed by atoms with van der Waals surface area (Å²) < 4.78 is 10.9. The summed E-state index contributed by atoms with van der Waals surface area (Å²) in [7, 11) is 1.61. The molecule has 2 N–H and O–H groups in total. The molecular weight excluding hydrogens is 324 g/mol. The summed E-state index contributed by atoms with van der Waals surface area (Å²) in [6, 6.07) is 11.6. The number of hydrogen-bond donors (Lipinski definition) is 2. The Bertz CT molecular complexity index is 616. The molecule has 0 saturated carbocycles. The molecule has 1 aromatic heterocycles. The summed E-state index contributed by atoms with van der Waals surface area (Å²) >= 11 is 1.73. The molecular formula is C18H25N2O3S+. The van der Waals surface area contributed by atoms with Crippen LogP contribution in [0.2, 0.25) is 0 Å². The Balaban J connectivity index is 1.68. The van der Waals surface area contributed by atoms with E-state index in [9.17, 15) is 4.79 Å². The number of carbonyl (C=O) groups excluding carboxylic acids is 1. The molecule has 2 aromatic rings. The van der Waals surface area contributed by atoms with Crippen molar-refractivity contribution in [2.24, 2.45) is 0 Å². The molecule has 1 atom stereocenters. The summed E-state index contributed by atoms with van der Waals surface area (Å²) in [4.78, 5) is 14.6. The van der Waals surface area contributed by atoms with Crippen molar-refractivity contribution in [3.8, 4) is 11.5 Å². The molecule has 0 aliphatic carbocycles. The summed E-state index contributed by atoms with van der Waals surface area (Å²) in [5.74, 6) is 1.43. The van der Waals surface area contributed by atoms with Gasteiger partial charge in [-0.1, -0.05) is 18.2 Å². The van der Waals surface area contributed by atoms with Crippen molar-refractivity contribution in [2.75, 3.05) is 33.4 Å². The summed E-state index contributed by atoms with van der Waals surface area (Å²) in [6.45, 7) is 5.28. The summed E-state index contributed by atoms with van der Waals surface area (Å²) in [5.41, 5.74) is 0. The molecule has 0 bridgehead atoms. The van der Waals surface area contributed by atoms with Crippen LogP contribution in [0.1, 0.15) is 11.8 Å². The number of nitrogens with one attached hydrogen (secondary N) is 2. The van der Waals surface area contributed by atoms with E-state index in [0.717, 1.165) is 13.1 Å². The van der Waals surface area contributed by atoms with Gasteiger partial charge in [-0.25, -0.2) is 0 Å². The van der Waals surface area contributed by atoms with Crippen molar-refractivity contribution < 1.29 is 19.2 Å². The zero-order chi connectivity index (χ0) is 17.2. The molecule has 24 heavy (non-hydrogen) atoms. The highest BCUT2D eigenvalue weighted by Crippen LogP contribution is 2.25. The van der Waals surface area contributed by atoms with Gasteiger partial charge in [0.1, 0.15) is 13.2 Å². The Hall–Kier alpha value is -2.05. The average Bonchev–Trinajstić information content (AvgIpc) is 3.11. The molecule has 5 nitrogen and oxygen atoms in total. The highest BCUT2D eigenvalue weighted by Gasteiger charge is 2.13. The van der Waals surface area contributed by atoms with Crippen molar-refractivity contribution >= 4 is 17.2 Å². The summed E-state index contributed by atoms with van der Waals surface area (Å²) in [6.07, 6.45) is 0. The Morgan fingerprint density at radius 3 is 2.67 bits per heavy atom. The highest BCUT2D eigenvalue weighted by molar-refractivity contribution is 7.09. The van der Waals surface area contributed by atoms with Crippen molar-refractivity contribution in [1.82, 2.24) is 5.32 Å². The fourth-order valence-electron chi connectivity index (χ4n) is 2.35. The Kier molecular flexibility index (Phi) is 7.58. The summed E-state index contributed by atoms with van der Waals surface area (Å²) in [5, 5.41) is 4.98. The smallest absolute Gasteiger partial charge is 0.275 e. The van der Waals surface area contributed by atoms with E-state index in [2.05, 4.69) is 23.7 Å². The van der Waals surface area contributed by atoms with Gasteiger partial charge in [0, 0.05) is 0 Å². The van der Waals surface area contributed by atoms with E-state index in [1.54, 1.807) is 18.4 Å². The van der Waals surface area contributed by atoms with Gasteiger partial charge in [0.25, 0.3) is 5.91 Å². The molecule has 0 spiro atoms. The minimum atomic E-state index is 0.0482. The first-order valence-electron chi connectivity index (χ1n) is 8.11. The number of para-hydroxylation sites is 2. The molecule has 6 heteroatoms. The molecule has 1 amide bonds. The Morgan fingerprint density at radius 1 is 1.21 bits per heavy atom. The Labute approximate surface area is 147 Å². The van der Waals surface area contributed by atoms with E-state index in [1.165, 1.54) is 9.78 Å². The van der Waals surface area contributed by atoms with Crippen LogP contribution in [0.15, 0.2) is 41.8 Å². The van der Waals surface area contributed by atoms with Crippen LogP contribution in [0, 0.1) is 0 Å². The Morgan fingerprint density at radius 2 is 2.00 bits per heavy atom. The van der Waals surface area contributed by atoms with Gasteiger partial charge in [0.05, 0.1) is 25.1 Å². The fraction of sp³-hybridized carbons (Fsp3) is 0.389. The van der Waals surface area contributed by atoms with Crippen molar-refractivity contribution in [3.05, 3.63) is 46.7 Å². The molecule has 1 aromatic carbocycles. The van der Waals surface area contributed by atoms with Gasteiger partial charge < -0.3 is 19.7 Å². The predicted molar refractivity (Wildman–Crippen MR) is 95.9 cm³/mol. The maximum Gasteiger partial charge on any atom is 0.275 e. The van der Waals surface area contributed by atoms with Gasteiger partial charge in [-0.05, 0) is 30.5 Å². The van der Waals surface area contributed by atoms with E-state index < -0.39 is 0 Å². The second kappa shape index (κ2) is 9.95. The van der Waals surface area contributed by atoms with Crippen LogP contribution in [0.4, 0.5) is 0 Å². The molecule has 130 valence electrons. The van der Waals surface area contributed by atoms with Gasteiger partial charge in [-0.2, -0.15) is 0 Å². The quantitative estimate of drug-likeness (QED) is 0.637. The van der Waals surface area contributed by atoms with Crippen LogP contribution in [0.3, 0.4) is 0 Å². The van der Waals surface area contributed by atoms with E-state index in [-0.39, 0.29) is 5.91 Å². The SMILES string of the molecule is CC[NH+](CC(=O)NCCOc1ccccc1OC)Cc1cccs1. The second-order valence-electron chi connectivity index (χ2n) is 5.39. The van der Waals surface area contributed by atoms with Gasteiger partial charge in [0.15, 0.2) is 18.0 Å². The number of hydrogen-bond acceptors (Lipinski definition) is 4. The zero-order valence-electron chi connectivity index (χ0n) is 14.2. The normalized spacial score (nSPS) is 11.8. The maximum atomic E-state index is 12.1. The first kappa shape index (κ1) is 18.3. The van der Waals surface area contributed by atoms with Crippen LogP contribution in [-0.2, 0) is 11.3 Å². The molecule has 2 rings (SSSR count). The van der Waals surface area contributed by atoms with Crippen LogP contribution in [0.5, 0.6) is 11.5 Å². The van der Waals surface area contributed by atoms with Crippen molar-refractivity contribution in [3.63, 3.8) is 0 Å². The number of amides is 1. The minimum absolute atomic E-state index is 0.0482. The lowest BCUT2D eigenvalue weighted by Crippen LogP contribution is -3.11. The van der Waals surface area contributed by atoms with E-state index in [4.69, 9.17) is 9.47 Å². The first-order chi connectivity index (χ1) is 11.7. The van der Waals surface area contributed by atoms with Crippen LogP contribution in [-0.4, -0.2) is 39.3 Å². The third-order valence-corrected chi connectivity index (χ3v) is 4.54. The lowest BCUT2D eigenvalue weighted by atomic mass is 10.3. The lowest BCUT2D eigenvalue weighted by Gasteiger charge is -2.16. The van der Waals surface area contributed by atoms with Gasteiger partial charge in [0.2, 0.25) is 0 Å². The predicted octanol–water partition coefficient (Wildman–Crippen LogP) is 1.36. The van der Waals surface area contributed by atoms with Crippen molar-refractivity contribution in [1.29, 1.82) is 0 Å². The van der Waals surface area contributed by atoms with Crippen LogP contribution < -0.4 is 19.7 Å². The minimum Gasteiger partial charge on any atom is -0.493 e. The largest absolute Gasteiger partial charge is 0.493 e. The number of likely N-dealkylation sites (N-methyl/N-ethyl adjacent to an activating group) is 1. The zero-order valence-corrected chi connectivity index (χ0v) is 15.0. The van der Waals surface area contributed by atoms with E-state index in [1.807, 2.05) is 30.3 Å². The lowest BCUT2D eigenvalue weighted by molar-refractivity contribution is -0.903.